The molecule has 0 saturated heterocycles. The van der Waals surface area contributed by atoms with E-state index in [-0.39, 0.29) is 0 Å². The highest BCUT2D eigenvalue weighted by Gasteiger charge is 2.25. The van der Waals surface area contributed by atoms with Crippen LogP contribution in [-0.4, -0.2) is 0 Å². The van der Waals surface area contributed by atoms with Gasteiger partial charge in [0.25, 0.3) is 0 Å². The van der Waals surface area contributed by atoms with E-state index in [0.717, 1.165) is 71.1 Å². The van der Waals surface area contributed by atoms with E-state index >= 15 is 0 Å². The van der Waals surface area contributed by atoms with E-state index in [9.17, 15) is 0 Å². The van der Waals surface area contributed by atoms with Crippen LogP contribution in [0.3, 0.4) is 0 Å². The van der Waals surface area contributed by atoms with Crippen molar-refractivity contribution < 1.29 is 4.42 Å². The molecule has 2 heteroatoms. The maximum Gasteiger partial charge on any atom is 0.137 e. The van der Waals surface area contributed by atoms with Crippen LogP contribution in [0.1, 0.15) is 68.9 Å². The van der Waals surface area contributed by atoms with Crippen LogP contribution in [0.4, 0.5) is 17.1 Å². The van der Waals surface area contributed by atoms with Gasteiger partial charge in [0.05, 0.1) is 0 Å². The van der Waals surface area contributed by atoms with E-state index in [0.29, 0.717) is 0 Å². The SMILES string of the molecule is C=C1CCCCC/C(c2ccc(-c3ccc(-c4ccccc4)cc3)cc2)=C2/CCCC/C2=C/1c1ccc(N(c2ccc(-c3ccccc3)cc2)c2ccc3c(c2)oc2ccccc23)cc1. The minimum absolute atomic E-state index is 0.885. The number of nitrogens with zero attached hydrogens (tertiary/aromatic N) is 1. The molecule has 0 radical (unpaired) electrons. The zero-order chi connectivity index (χ0) is 43.5. The number of furan rings is 1. The molecule has 2 aliphatic carbocycles. The Morgan fingerprint density at radius 3 is 1.37 bits per heavy atom. The third-order valence-electron chi connectivity index (χ3n) is 13.7. The minimum Gasteiger partial charge on any atom is -0.456 e. The van der Waals surface area contributed by atoms with Crippen LogP contribution in [0.25, 0.3) is 66.5 Å². The van der Waals surface area contributed by atoms with Crippen molar-refractivity contribution in [3.8, 4) is 33.4 Å². The summed E-state index contributed by atoms with van der Waals surface area (Å²) in [7, 11) is 0. The molecule has 9 aromatic rings. The molecule has 0 unspecified atom stereocenters. The van der Waals surface area contributed by atoms with Gasteiger partial charge in [-0.05, 0) is 166 Å². The number of anilines is 3. The number of rotatable bonds is 8. The van der Waals surface area contributed by atoms with E-state index in [2.05, 4.69) is 199 Å². The van der Waals surface area contributed by atoms with Crippen LogP contribution < -0.4 is 4.90 Å². The Balaban J connectivity index is 0.967. The average Bonchev–Trinajstić information content (AvgIpc) is 3.75. The second kappa shape index (κ2) is 18.0. The van der Waals surface area contributed by atoms with Gasteiger partial charge >= 0.3 is 0 Å². The summed E-state index contributed by atoms with van der Waals surface area (Å²) in [5.74, 6) is 0. The Bertz CT molecular complexity index is 3190. The van der Waals surface area contributed by atoms with Crippen molar-refractivity contribution in [2.75, 3.05) is 4.90 Å². The summed E-state index contributed by atoms with van der Waals surface area (Å²) >= 11 is 0. The predicted octanol–water partition coefficient (Wildman–Crippen LogP) is 18.4. The van der Waals surface area contributed by atoms with Crippen LogP contribution in [0, 0.1) is 0 Å². The fourth-order valence-corrected chi connectivity index (χ4v) is 10.4. The second-order valence-electron chi connectivity index (χ2n) is 17.8. The molecule has 2 aliphatic rings. The Hall–Kier alpha value is -7.42. The van der Waals surface area contributed by atoms with Gasteiger partial charge < -0.3 is 9.32 Å². The normalized spacial score (nSPS) is 17.0. The standard InChI is InChI=1S/C63H53NO/c1-44-15-5-2-10-20-56(51-31-29-49(30-32-51)48-27-25-47(26-28-48)45-16-6-3-7-17-45)57-21-11-12-23-60(57)63(44)52-35-39-54(40-36-52)64(53-37-33-50(34-38-53)46-18-8-4-9-19-46)55-41-42-59-58-22-13-14-24-61(58)65-62(59)43-55/h3-4,6-9,13-14,16-19,22,24-43H,1-2,5,10-12,15,20-21,23H2/b57-56+,63-60+. The van der Waals surface area contributed by atoms with E-state index in [1.165, 1.54) is 92.5 Å². The molecule has 8 aromatic carbocycles. The first kappa shape index (κ1) is 40.4. The van der Waals surface area contributed by atoms with Gasteiger partial charge in [-0.15, -0.1) is 0 Å². The van der Waals surface area contributed by atoms with Crippen LogP contribution >= 0.6 is 0 Å². The molecule has 65 heavy (non-hydrogen) atoms. The minimum atomic E-state index is 0.885. The molecule has 2 nitrogen and oxygen atoms in total. The molecule has 11 rings (SSSR count). The molecule has 0 amide bonds. The summed E-state index contributed by atoms with van der Waals surface area (Å²) in [6, 6.07) is 72.8. The van der Waals surface area contributed by atoms with E-state index in [4.69, 9.17) is 11.0 Å². The Morgan fingerprint density at radius 1 is 0.323 bits per heavy atom. The van der Waals surface area contributed by atoms with E-state index in [1.54, 1.807) is 5.57 Å². The largest absolute Gasteiger partial charge is 0.456 e. The van der Waals surface area contributed by atoms with Gasteiger partial charge in [-0.1, -0.05) is 165 Å². The topological polar surface area (TPSA) is 16.4 Å². The maximum absolute atomic E-state index is 6.43. The molecular formula is C63H53NO. The van der Waals surface area contributed by atoms with Gasteiger partial charge in [0.2, 0.25) is 0 Å². The van der Waals surface area contributed by atoms with Crippen molar-refractivity contribution in [1.29, 1.82) is 0 Å². The molecule has 0 atom stereocenters. The lowest BCUT2D eigenvalue weighted by Gasteiger charge is -2.29. The third-order valence-corrected chi connectivity index (χ3v) is 13.7. The van der Waals surface area contributed by atoms with E-state index in [1.807, 2.05) is 6.07 Å². The highest BCUT2D eigenvalue weighted by molar-refractivity contribution is 6.06. The molecule has 0 spiro atoms. The molecule has 316 valence electrons. The molecule has 1 saturated carbocycles. The van der Waals surface area contributed by atoms with Gasteiger partial charge in [-0.2, -0.15) is 0 Å². The maximum atomic E-state index is 6.43. The van der Waals surface area contributed by atoms with Gasteiger partial charge in [0.15, 0.2) is 0 Å². The van der Waals surface area contributed by atoms with Crippen molar-refractivity contribution in [2.24, 2.45) is 0 Å². The number of hydrogen-bond donors (Lipinski definition) is 0. The van der Waals surface area contributed by atoms with Crippen LogP contribution in [-0.2, 0) is 0 Å². The fourth-order valence-electron chi connectivity index (χ4n) is 10.4. The molecule has 0 aliphatic heterocycles. The van der Waals surface area contributed by atoms with Crippen molar-refractivity contribution >= 4 is 50.1 Å². The number of para-hydroxylation sites is 1. The lowest BCUT2D eigenvalue weighted by molar-refractivity contribution is 0.662. The predicted molar refractivity (Wildman–Crippen MR) is 276 cm³/mol. The van der Waals surface area contributed by atoms with Crippen molar-refractivity contribution in [3.63, 3.8) is 0 Å². The van der Waals surface area contributed by atoms with Crippen LogP contribution in [0.15, 0.2) is 228 Å². The Morgan fingerprint density at radius 2 is 0.754 bits per heavy atom. The third kappa shape index (κ3) is 8.18. The Labute approximate surface area is 383 Å². The summed E-state index contributed by atoms with van der Waals surface area (Å²) in [5, 5.41) is 2.27. The first-order valence-corrected chi connectivity index (χ1v) is 23.5. The first-order valence-electron chi connectivity index (χ1n) is 23.5. The molecule has 1 fully saturated rings. The molecule has 1 aromatic heterocycles. The van der Waals surface area contributed by atoms with Crippen LogP contribution in [0.5, 0.6) is 0 Å². The second-order valence-corrected chi connectivity index (χ2v) is 17.8. The van der Waals surface area contributed by atoms with Crippen molar-refractivity contribution in [2.45, 2.75) is 57.8 Å². The first-order chi connectivity index (χ1) is 32.1. The zero-order valence-corrected chi connectivity index (χ0v) is 37.0. The number of benzene rings is 8. The quantitative estimate of drug-likeness (QED) is 0.152. The van der Waals surface area contributed by atoms with E-state index < -0.39 is 0 Å². The van der Waals surface area contributed by atoms with Crippen LogP contribution in [0.2, 0.25) is 0 Å². The van der Waals surface area contributed by atoms with Crippen molar-refractivity contribution in [3.05, 3.63) is 235 Å². The lowest BCUT2D eigenvalue weighted by Crippen LogP contribution is -2.10. The van der Waals surface area contributed by atoms with Gasteiger partial charge in [-0.25, -0.2) is 0 Å². The molecular weight excluding hydrogens is 787 g/mol. The lowest BCUT2D eigenvalue weighted by atomic mass is 9.76. The average molecular weight is 840 g/mol. The monoisotopic (exact) mass is 839 g/mol. The number of fused-ring (bicyclic) bond motifs is 4. The summed E-state index contributed by atoms with van der Waals surface area (Å²) in [6.07, 6.45) is 10.3. The highest BCUT2D eigenvalue weighted by Crippen LogP contribution is 2.46. The number of allylic oxidation sites excluding steroid dienone is 5. The fraction of sp³-hybridized carbons (Fsp3) is 0.143. The zero-order valence-electron chi connectivity index (χ0n) is 37.0. The summed E-state index contributed by atoms with van der Waals surface area (Å²) in [5.41, 5.74) is 22.3. The summed E-state index contributed by atoms with van der Waals surface area (Å²) in [6.45, 7) is 4.84. The summed E-state index contributed by atoms with van der Waals surface area (Å²) < 4.78 is 6.43. The van der Waals surface area contributed by atoms with Crippen molar-refractivity contribution in [1.82, 2.24) is 0 Å². The summed E-state index contributed by atoms with van der Waals surface area (Å²) in [4.78, 5) is 2.36. The number of hydrogen-bond acceptors (Lipinski definition) is 2. The van der Waals surface area contributed by atoms with Gasteiger partial charge in [0.1, 0.15) is 11.2 Å². The molecule has 0 N–H and O–H groups in total. The molecule has 1 heterocycles. The van der Waals surface area contributed by atoms with Gasteiger partial charge in [0, 0.05) is 33.9 Å². The highest BCUT2D eigenvalue weighted by atomic mass is 16.3. The smallest absolute Gasteiger partial charge is 0.137 e. The molecule has 0 bridgehead atoms. The Kier molecular flexibility index (Phi) is 11.2. The van der Waals surface area contributed by atoms with Gasteiger partial charge in [-0.3, -0.25) is 0 Å².